The average Bonchev–Trinajstić information content (AvgIpc) is 3.17. The summed E-state index contributed by atoms with van der Waals surface area (Å²) in [5.74, 6) is 0.847. The number of hydrogen-bond acceptors (Lipinski definition) is 7. The molecule has 0 bridgehead atoms. The van der Waals surface area contributed by atoms with Crippen molar-refractivity contribution in [1.82, 2.24) is 0 Å². The number of carbonyl (C=O) groups excluding carboxylic acids is 2. The Morgan fingerprint density at radius 3 is 2.63 bits per heavy atom. The lowest BCUT2D eigenvalue weighted by Gasteiger charge is -2.15. The number of para-hydroxylation sites is 1. The minimum Gasteiger partial charge on any atom is -0.487 e. The zero-order valence-electron chi connectivity index (χ0n) is 16.7. The molecule has 0 fully saturated rings. The summed E-state index contributed by atoms with van der Waals surface area (Å²) >= 11 is 6.23. The Kier molecular flexibility index (Phi) is 7.37. The Hall–Kier alpha value is -2.97. The van der Waals surface area contributed by atoms with E-state index in [4.69, 9.17) is 30.5 Å². The van der Waals surface area contributed by atoms with Crippen LogP contribution in [0.4, 0.5) is 11.4 Å². The predicted octanol–water partition coefficient (Wildman–Crippen LogP) is 3.74. The third kappa shape index (κ3) is 5.34. The quantitative estimate of drug-likeness (QED) is 0.434. The van der Waals surface area contributed by atoms with Crippen LogP contribution < -0.4 is 24.8 Å². The summed E-state index contributed by atoms with van der Waals surface area (Å²) in [5, 5.41) is 6.17. The van der Waals surface area contributed by atoms with Crippen molar-refractivity contribution in [2.45, 2.75) is 13.8 Å². The summed E-state index contributed by atoms with van der Waals surface area (Å²) in [6.07, 6.45) is 0. The molecule has 0 radical (unpaired) electrons. The van der Waals surface area contributed by atoms with Gasteiger partial charge in [0.15, 0.2) is 23.0 Å². The number of fused-ring (bicyclic) bond motifs is 1. The normalized spacial score (nSPS) is 11.8. The molecule has 0 aliphatic carbocycles. The van der Waals surface area contributed by atoms with Gasteiger partial charge in [-0.3, -0.25) is 9.59 Å². The van der Waals surface area contributed by atoms with Crippen LogP contribution in [0.1, 0.15) is 24.2 Å². The van der Waals surface area contributed by atoms with Crippen molar-refractivity contribution in [3.8, 4) is 17.2 Å². The van der Waals surface area contributed by atoms with Crippen LogP contribution in [0.15, 0.2) is 30.3 Å². The summed E-state index contributed by atoms with van der Waals surface area (Å²) in [5.41, 5.74) is 1.28. The van der Waals surface area contributed by atoms with Crippen molar-refractivity contribution in [1.29, 1.82) is 0 Å². The maximum Gasteiger partial charge on any atom is 0.243 e. The maximum atomic E-state index is 12.5. The molecule has 0 saturated carbocycles. The first-order chi connectivity index (χ1) is 14.5. The Bertz CT molecular complexity index is 934. The number of nitrogens with one attached hydrogen (secondary N) is 2. The predicted molar refractivity (Wildman–Crippen MR) is 113 cm³/mol. The number of carbonyl (C=O) groups is 2. The number of benzene rings is 2. The molecule has 2 aromatic carbocycles. The number of ketones is 1. The van der Waals surface area contributed by atoms with Gasteiger partial charge in [-0.05, 0) is 32.0 Å². The van der Waals surface area contributed by atoms with E-state index in [0.717, 1.165) is 0 Å². The van der Waals surface area contributed by atoms with Crippen molar-refractivity contribution in [2.24, 2.45) is 0 Å². The highest BCUT2D eigenvalue weighted by Gasteiger charge is 2.20. The van der Waals surface area contributed by atoms with Crippen LogP contribution in [0.25, 0.3) is 0 Å². The van der Waals surface area contributed by atoms with E-state index in [1.807, 2.05) is 6.92 Å². The molecule has 1 amide bonds. The molecular formula is C21H23ClN2O6. The number of hydrogen-bond donors (Lipinski definition) is 2. The van der Waals surface area contributed by atoms with Crippen LogP contribution in [-0.4, -0.2) is 44.8 Å². The average molecular weight is 435 g/mol. The van der Waals surface area contributed by atoms with Crippen LogP contribution in [0, 0.1) is 0 Å². The number of halogens is 1. The van der Waals surface area contributed by atoms with Crippen molar-refractivity contribution >= 4 is 34.7 Å². The Morgan fingerprint density at radius 1 is 1.13 bits per heavy atom. The summed E-state index contributed by atoms with van der Waals surface area (Å²) in [6.45, 7) is 4.69. The van der Waals surface area contributed by atoms with E-state index >= 15 is 0 Å². The van der Waals surface area contributed by atoms with E-state index in [1.165, 1.54) is 6.92 Å². The van der Waals surface area contributed by atoms with Gasteiger partial charge in [0.1, 0.15) is 6.61 Å². The van der Waals surface area contributed by atoms with Crippen molar-refractivity contribution in [3.05, 3.63) is 40.9 Å². The highest BCUT2D eigenvalue weighted by Crippen LogP contribution is 2.37. The van der Waals surface area contributed by atoms with Gasteiger partial charge in [0.05, 0.1) is 29.5 Å². The molecule has 0 spiro atoms. The summed E-state index contributed by atoms with van der Waals surface area (Å²) < 4.78 is 21.6. The highest BCUT2D eigenvalue weighted by atomic mass is 35.5. The van der Waals surface area contributed by atoms with Gasteiger partial charge in [-0.1, -0.05) is 17.7 Å². The number of anilines is 2. The minimum absolute atomic E-state index is 0.0616. The van der Waals surface area contributed by atoms with Gasteiger partial charge >= 0.3 is 0 Å². The molecular weight excluding hydrogens is 412 g/mol. The molecule has 0 unspecified atom stereocenters. The Morgan fingerprint density at radius 2 is 1.90 bits per heavy atom. The second-order valence-electron chi connectivity index (χ2n) is 6.37. The van der Waals surface area contributed by atoms with Gasteiger partial charge in [0, 0.05) is 18.2 Å². The molecule has 1 heterocycles. The van der Waals surface area contributed by atoms with E-state index in [1.54, 1.807) is 30.3 Å². The summed E-state index contributed by atoms with van der Waals surface area (Å²) in [7, 11) is 0. The molecule has 1 aliphatic rings. The van der Waals surface area contributed by atoms with Crippen molar-refractivity contribution in [3.63, 3.8) is 0 Å². The summed E-state index contributed by atoms with van der Waals surface area (Å²) in [4.78, 5) is 24.5. The highest BCUT2D eigenvalue weighted by molar-refractivity contribution is 6.32. The van der Waals surface area contributed by atoms with Crippen LogP contribution >= 0.6 is 11.6 Å². The molecule has 30 heavy (non-hydrogen) atoms. The Balaban J connectivity index is 1.66. The van der Waals surface area contributed by atoms with Gasteiger partial charge < -0.3 is 29.6 Å². The third-order valence-electron chi connectivity index (χ3n) is 4.25. The fourth-order valence-electron chi connectivity index (χ4n) is 2.85. The zero-order chi connectivity index (χ0) is 21.5. The molecule has 160 valence electrons. The van der Waals surface area contributed by atoms with E-state index in [0.29, 0.717) is 59.0 Å². The summed E-state index contributed by atoms with van der Waals surface area (Å²) in [6, 6.07) is 8.36. The molecule has 2 aromatic rings. The topological polar surface area (TPSA) is 95.1 Å². The molecule has 0 saturated heterocycles. The largest absolute Gasteiger partial charge is 0.487 e. The van der Waals surface area contributed by atoms with Gasteiger partial charge in [-0.15, -0.1) is 0 Å². The standard InChI is InChI=1S/C21H23ClN2O6/c1-3-27-7-8-28-21-15(22)5-4-6-16(21)23-11-20(26)24-17-10-19-18(29-12-30-19)9-14(17)13(2)25/h4-6,9-10,23H,3,7-8,11-12H2,1-2H3,(H,24,26). The first kappa shape index (κ1) is 21.7. The number of amides is 1. The zero-order valence-corrected chi connectivity index (χ0v) is 17.5. The van der Waals surface area contributed by atoms with Crippen LogP contribution in [0.5, 0.6) is 17.2 Å². The SMILES string of the molecule is CCOCCOc1c(Cl)cccc1NCC(=O)Nc1cc2c(cc1C(C)=O)OCO2. The number of rotatable bonds is 10. The van der Waals surface area contributed by atoms with E-state index < -0.39 is 0 Å². The molecule has 9 heteroatoms. The van der Waals surface area contributed by atoms with Crippen LogP contribution in [0.2, 0.25) is 5.02 Å². The first-order valence-corrected chi connectivity index (χ1v) is 9.84. The maximum absolute atomic E-state index is 12.5. The lowest BCUT2D eigenvalue weighted by atomic mass is 10.1. The van der Waals surface area contributed by atoms with Gasteiger partial charge in [0.2, 0.25) is 12.7 Å². The van der Waals surface area contributed by atoms with Gasteiger partial charge in [-0.2, -0.15) is 0 Å². The molecule has 1 aliphatic heterocycles. The fraction of sp³-hybridized carbons (Fsp3) is 0.333. The second-order valence-corrected chi connectivity index (χ2v) is 6.78. The molecule has 8 nitrogen and oxygen atoms in total. The van der Waals surface area contributed by atoms with Crippen molar-refractivity contribution < 1.29 is 28.5 Å². The monoisotopic (exact) mass is 434 g/mol. The first-order valence-electron chi connectivity index (χ1n) is 9.47. The van der Waals surface area contributed by atoms with Gasteiger partial charge in [0.25, 0.3) is 0 Å². The number of ether oxygens (including phenoxy) is 4. The van der Waals surface area contributed by atoms with E-state index in [9.17, 15) is 9.59 Å². The van der Waals surface area contributed by atoms with Crippen LogP contribution in [0.3, 0.4) is 0 Å². The molecule has 2 N–H and O–H groups in total. The van der Waals surface area contributed by atoms with E-state index in [-0.39, 0.29) is 25.0 Å². The Labute approximate surface area is 179 Å². The molecule has 0 aromatic heterocycles. The molecule has 0 atom stereocenters. The van der Waals surface area contributed by atoms with Crippen molar-refractivity contribution in [2.75, 3.05) is 43.8 Å². The fourth-order valence-corrected chi connectivity index (χ4v) is 3.08. The van der Waals surface area contributed by atoms with E-state index in [2.05, 4.69) is 10.6 Å². The third-order valence-corrected chi connectivity index (χ3v) is 4.55. The van der Waals surface area contributed by atoms with Crippen LogP contribution in [-0.2, 0) is 9.53 Å². The van der Waals surface area contributed by atoms with Gasteiger partial charge in [-0.25, -0.2) is 0 Å². The smallest absolute Gasteiger partial charge is 0.243 e. The lowest BCUT2D eigenvalue weighted by molar-refractivity contribution is -0.114. The second kappa shape index (κ2) is 10.2. The number of Topliss-reactive ketones (excluding diaryl/α,β-unsaturated/α-hetero) is 1. The molecule has 3 rings (SSSR count). The lowest BCUT2D eigenvalue weighted by Crippen LogP contribution is -2.23. The minimum atomic E-state index is -0.350.